The van der Waals surface area contributed by atoms with Gasteiger partial charge in [0.25, 0.3) is 11.5 Å². The largest absolute Gasteiger partial charge is 0.480 e. The number of pyridine rings is 1. The number of nitroso groups, excluding NO2 is 1. The molecule has 1 heterocycles. The summed E-state index contributed by atoms with van der Waals surface area (Å²) in [5.74, 6) is -0.621. The van der Waals surface area contributed by atoms with E-state index in [-0.39, 0.29) is 5.69 Å². The Morgan fingerprint density at radius 2 is 1.88 bits per heavy atom. The average Bonchev–Trinajstić information content (AvgIpc) is 3.61. The van der Waals surface area contributed by atoms with Gasteiger partial charge in [0.2, 0.25) is 0 Å². The zero-order valence-corrected chi connectivity index (χ0v) is 17.1. The molecule has 32 heavy (non-hydrogen) atoms. The van der Waals surface area contributed by atoms with E-state index in [4.69, 9.17) is 9.84 Å². The molecule has 1 aromatic heterocycles. The van der Waals surface area contributed by atoms with Crippen molar-refractivity contribution in [1.29, 1.82) is 0 Å². The van der Waals surface area contributed by atoms with Gasteiger partial charge in [-0.3, -0.25) is 14.4 Å². The first-order valence-corrected chi connectivity index (χ1v) is 10.2. The van der Waals surface area contributed by atoms with Gasteiger partial charge in [-0.25, -0.2) is 0 Å². The van der Waals surface area contributed by atoms with Crippen molar-refractivity contribution in [2.24, 2.45) is 11.1 Å². The lowest BCUT2D eigenvalue weighted by Crippen LogP contribution is -2.36. The van der Waals surface area contributed by atoms with E-state index in [0.29, 0.717) is 34.9 Å². The SMILES string of the molecule is O=Nc1c(C(=O)NCC(=O)O)c(=O)n(CCC2CC2)c2cc(Oc3ccccc3)ccc12. The van der Waals surface area contributed by atoms with Crippen molar-refractivity contribution in [2.75, 3.05) is 6.54 Å². The number of amides is 1. The second-order valence-electron chi connectivity index (χ2n) is 7.67. The number of rotatable bonds is 9. The molecule has 4 rings (SSSR count). The number of hydrogen-bond donors (Lipinski definition) is 2. The van der Waals surface area contributed by atoms with Crippen LogP contribution in [0.5, 0.6) is 11.5 Å². The highest BCUT2D eigenvalue weighted by Gasteiger charge is 2.26. The van der Waals surface area contributed by atoms with E-state index < -0.39 is 29.5 Å². The van der Waals surface area contributed by atoms with Gasteiger partial charge in [0.15, 0.2) is 0 Å². The van der Waals surface area contributed by atoms with E-state index in [1.165, 1.54) is 4.57 Å². The van der Waals surface area contributed by atoms with Crippen LogP contribution in [0, 0.1) is 10.8 Å². The molecule has 9 heteroatoms. The molecule has 3 aromatic rings. The quantitative estimate of drug-likeness (QED) is 0.492. The molecule has 0 spiro atoms. The summed E-state index contributed by atoms with van der Waals surface area (Å²) in [6.07, 6.45) is 2.94. The van der Waals surface area contributed by atoms with Crippen LogP contribution in [0.3, 0.4) is 0 Å². The molecule has 1 amide bonds. The minimum atomic E-state index is -1.27. The molecule has 1 saturated carbocycles. The number of hydrogen-bond acceptors (Lipinski definition) is 6. The number of ether oxygens (including phenoxy) is 1. The second-order valence-corrected chi connectivity index (χ2v) is 7.67. The topological polar surface area (TPSA) is 127 Å². The van der Waals surface area contributed by atoms with Crippen molar-refractivity contribution in [3.63, 3.8) is 0 Å². The fourth-order valence-electron chi connectivity index (χ4n) is 3.59. The molecule has 0 atom stereocenters. The molecule has 0 radical (unpaired) electrons. The maximum absolute atomic E-state index is 13.3. The number of nitrogens with one attached hydrogen (secondary N) is 1. The Morgan fingerprint density at radius 1 is 1.12 bits per heavy atom. The number of carbonyl (C=O) groups excluding carboxylic acids is 1. The number of para-hydroxylation sites is 1. The van der Waals surface area contributed by atoms with Gasteiger partial charge in [-0.05, 0) is 41.8 Å². The summed E-state index contributed by atoms with van der Waals surface area (Å²) in [5, 5.41) is 14.3. The van der Waals surface area contributed by atoms with Crippen LogP contribution in [-0.4, -0.2) is 28.1 Å². The normalized spacial score (nSPS) is 13.0. The van der Waals surface area contributed by atoms with E-state index in [2.05, 4.69) is 10.5 Å². The average molecular weight is 435 g/mol. The highest BCUT2D eigenvalue weighted by atomic mass is 16.5. The third kappa shape index (κ3) is 4.51. The number of carboxylic acid groups (broad SMARTS) is 1. The van der Waals surface area contributed by atoms with Crippen LogP contribution in [0.25, 0.3) is 10.9 Å². The van der Waals surface area contributed by atoms with E-state index in [0.717, 1.165) is 19.3 Å². The predicted molar refractivity (Wildman–Crippen MR) is 117 cm³/mol. The van der Waals surface area contributed by atoms with Crippen LogP contribution in [0.2, 0.25) is 0 Å². The molecule has 0 aliphatic heterocycles. The van der Waals surface area contributed by atoms with Gasteiger partial charge in [0, 0.05) is 18.0 Å². The highest BCUT2D eigenvalue weighted by Crippen LogP contribution is 2.35. The number of aryl methyl sites for hydroxylation is 1. The lowest BCUT2D eigenvalue weighted by Gasteiger charge is -2.16. The molecular weight excluding hydrogens is 414 g/mol. The van der Waals surface area contributed by atoms with E-state index in [1.807, 2.05) is 18.2 Å². The standard InChI is InChI=1S/C23H21N3O6/c27-19(28)13-24-22(29)20-21(25-31)17-9-8-16(32-15-4-2-1-3-5-15)12-18(17)26(23(20)30)11-10-14-6-7-14/h1-5,8-9,12,14H,6-7,10-11,13H2,(H,24,29)(H,27,28). The fraction of sp³-hybridized carbons (Fsp3) is 0.261. The van der Waals surface area contributed by atoms with Crippen molar-refractivity contribution >= 4 is 28.5 Å². The van der Waals surface area contributed by atoms with E-state index in [9.17, 15) is 19.3 Å². The highest BCUT2D eigenvalue weighted by molar-refractivity contribution is 6.06. The summed E-state index contributed by atoms with van der Waals surface area (Å²) in [4.78, 5) is 48.4. The molecule has 1 fully saturated rings. The van der Waals surface area contributed by atoms with Crippen molar-refractivity contribution in [1.82, 2.24) is 9.88 Å². The molecule has 2 aromatic carbocycles. The van der Waals surface area contributed by atoms with Crippen LogP contribution < -0.4 is 15.6 Å². The number of nitrogens with zero attached hydrogens (tertiary/aromatic N) is 2. The first-order valence-electron chi connectivity index (χ1n) is 10.2. The summed E-state index contributed by atoms with van der Waals surface area (Å²) in [6.45, 7) is -0.326. The molecule has 0 saturated heterocycles. The van der Waals surface area contributed by atoms with Gasteiger partial charge in [-0.2, -0.15) is 0 Å². The third-order valence-corrected chi connectivity index (χ3v) is 5.37. The van der Waals surface area contributed by atoms with Crippen LogP contribution in [0.15, 0.2) is 58.5 Å². The van der Waals surface area contributed by atoms with Crippen LogP contribution in [-0.2, 0) is 11.3 Å². The van der Waals surface area contributed by atoms with Crippen LogP contribution in [0.4, 0.5) is 5.69 Å². The number of carboxylic acids is 1. The van der Waals surface area contributed by atoms with Crippen LogP contribution >= 0.6 is 0 Å². The van der Waals surface area contributed by atoms with Crippen molar-refractivity contribution in [2.45, 2.75) is 25.8 Å². The Labute approximate surface area is 182 Å². The van der Waals surface area contributed by atoms with E-state index in [1.54, 1.807) is 30.3 Å². The number of aliphatic carboxylic acids is 1. The summed E-state index contributed by atoms with van der Waals surface area (Å²) in [5.41, 5.74) is -1.04. The Balaban J connectivity index is 1.83. The third-order valence-electron chi connectivity index (χ3n) is 5.37. The number of aromatic nitrogens is 1. The Morgan fingerprint density at radius 3 is 2.53 bits per heavy atom. The van der Waals surface area contributed by atoms with Gasteiger partial charge in [-0.1, -0.05) is 31.0 Å². The maximum Gasteiger partial charge on any atom is 0.322 e. The molecule has 1 aliphatic carbocycles. The first kappa shape index (κ1) is 21.2. The predicted octanol–water partition coefficient (Wildman–Crippen LogP) is 3.81. The molecule has 0 bridgehead atoms. The van der Waals surface area contributed by atoms with E-state index >= 15 is 0 Å². The zero-order valence-electron chi connectivity index (χ0n) is 17.1. The second kappa shape index (κ2) is 9.01. The zero-order chi connectivity index (χ0) is 22.7. The van der Waals surface area contributed by atoms with Gasteiger partial charge in [0.05, 0.1) is 5.52 Å². The molecule has 0 unspecified atom stereocenters. The summed E-state index contributed by atoms with van der Waals surface area (Å²) in [7, 11) is 0. The number of fused-ring (bicyclic) bond motifs is 1. The maximum atomic E-state index is 13.3. The summed E-state index contributed by atoms with van der Waals surface area (Å²) in [6, 6.07) is 13.9. The molecule has 164 valence electrons. The van der Waals surface area contributed by atoms with Crippen LogP contribution in [0.1, 0.15) is 29.6 Å². The van der Waals surface area contributed by atoms with Gasteiger partial charge in [-0.15, -0.1) is 4.91 Å². The van der Waals surface area contributed by atoms with Gasteiger partial charge < -0.3 is 19.7 Å². The van der Waals surface area contributed by atoms with Crippen molar-refractivity contribution in [3.05, 3.63) is 69.4 Å². The van der Waals surface area contributed by atoms with Crippen molar-refractivity contribution < 1.29 is 19.4 Å². The lowest BCUT2D eigenvalue weighted by atomic mass is 10.1. The summed E-state index contributed by atoms with van der Waals surface area (Å²) < 4.78 is 7.31. The molecule has 9 nitrogen and oxygen atoms in total. The molecule has 2 N–H and O–H groups in total. The minimum Gasteiger partial charge on any atom is -0.480 e. The molecule has 1 aliphatic rings. The Kier molecular flexibility index (Phi) is 5.98. The Hall–Kier alpha value is -4.01. The van der Waals surface area contributed by atoms with Gasteiger partial charge in [0.1, 0.15) is 29.3 Å². The smallest absolute Gasteiger partial charge is 0.322 e. The van der Waals surface area contributed by atoms with Gasteiger partial charge >= 0.3 is 5.97 Å². The minimum absolute atomic E-state index is 0.316. The first-order chi connectivity index (χ1) is 15.5. The Bertz CT molecular complexity index is 1250. The number of benzene rings is 2. The summed E-state index contributed by atoms with van der Waals surface area (Å²) >= 11 is 0. The monoisotopic (exact) mass is 435 g/mol. The molecular formula is C23H21N3O6. The van der Waals surface area contributed by atoms with Crippen molar-refractivity contribution in [3.8, 4) is 11.5 Å². The lowest BCUT2D eigenvalue weighted by molar-refractivity contribution is -0.135. The number of carbonyl (C=O) groups is 2. The fourth-order valence-corrected chi connectivity index (χ4v) is 3.59.